The van der Waals surface area contributed by atoms with Crippen molar-refractivity contribution in [3.8, 4) is 0 Å². The van der Waals surface area contributed by atoms with E-state index in [-0.39, 0.29) is 10.5 Å². The topological polar surface area (TPSA) is 106 Å². The molecule has 162 valence electrons. The lowest BCUT2D eigenvalue weighted by Crippen LogP contribution is -2.31. The SMILES string of the molecule is CCN(CC)S(=O)(=O)c1cc(NC(=O)COC(=O)c2cccnc2SC)ccc1C. The summed E-state index contributed by atoms with van der Waals surface area (Å²) < 4.78 is 32.1. The van der Waals surface area contributed by atoms with E-state index in [2.05, 4.69) is 10.3 Å². The molecule has 2 rings (SSSR count). The molecule has 8 nitrogen and oxygen atoms in total. The Morgan fingerprint density at radius 1 is 1.20 bits per heavy atom. The molecule has 30 heavy (non-hydrogen) atoms. The molecule has 0 fully saturated rings. The second-order valence-corrected chi connectivity index (χ2v) is 8.96. The lowest BCUT2D eigenvalue weighted by Gasteiger charge is -2.20. The highest BCUT2D eigenvalue weighted by atomic mass is 32.2. The second kappa shape index (κ2) is 10.6. The van der Waals surface area contributed by atoms with Crippen LogP contribution in [0.4, 0.5) is 5.69 Å². The van der Waals surface area contributed by atoms with Crippen molar-refractivity contribution in [2.24, 2.45) is 0 Å². The van der Waals surface area contributed by atoms with Gasteiger partial charge in [-0.15, -0.1) is 11.8 Å². The van der Waals surface area contributed by atoms with Gasteiger partial charge in [0, 0.05) is 25.0 Å². The Bertz CT molecular complexity index is 1020. The van der Waals surface area contributed by atoms with E-state index in [0.29, 0.717) is 29.4 Å². The van der Waals surface area contributed by atoms with E-state index in [4.69, 9.17) is 4.74 Å². The summed E-state index contributed by atoms with van der Waals surface area (Å²) in [6.07, 6.45) is 3.35. The van der Waals surface area contributed by atoms with E-state index >= 15 is 0 Å². The maximum Gasteiger partial charge on any atom is 0.341 e. The maximum atomic E-state index is 12.8. The Labute approximate surface area is 181 Å². The van der Waals surface area contributed by atoms with E-state index in [9.17, 15) is 18.0 Å². The number of ether oxygens (including phenoxy) is 1. The van der Waals surface area contributed by atoms with Crippen LogP contribution in [-0.4, -0.2) is 55.5 Å². The van der Waals surface area contributed by atoms with Crippen LogP contribution >= 0.6 is 11.8 Å². The fourth-order valence-corrected chi connectivity index (χ4v) is 5.02. The van der Waals surface area contributed by atoms with Gasteiger partial charge >= 0.3 is 5.97 Å². The zero-order chi connectivity index (χ0) is 22.3. The molecule has 0 aliphatic rings. The van der Waals surface area contributed by atoms with Crippen molar-refractivity contribution in [1.29, 1.82) is 0 Å². The molecule has 0 unspecified atom stereocenters. The van der Waals surface area contributed by atoms with Crippen molar-refractivity contribution >= 4 is 39.3 Å². The fourth-order valence-electron chi connectivity index (χ4n) is 2.77. The van der Waals surface area contributed by atoms with Crippen molar-refractivity contribution in [1.82, 2.24) is 9.29 Å². The number of thioether (sulfide) groups is 1. The molecule has 1 aromatic heterocycles. The number of carbonyl (C=O) groups excluding carboxylic acids is 2. The van der Waals surface area contributed by atoms with Crippen LogP contribution in [0.15, 0.2) is 46.5 Å². The first-order valence-corrected chi connectivity index (χ1v) is 12.0. The summed E-state index contributed by atoms with van der Waals surface area (Å²) in [5.74, 6) is -1.23. The molecule has 1 N–H and O–H groups in total. The summed E-state index contributed by atoms with van der Waals surface area (Å²) in [5.41, 5.74) is 1.16. The van der Waals surface area contributed by atoms with Gasteiger partial charge in [0.2, 0.25) is 10.0 Å². The monoisotopic (exact) mass is 451 g/mol. The predicted octanol–water partition coefficient (Wildman–Crippen LogP) is 2.94. The Hall–Kier alpha value is -2.43. The molecular weight excluding hydrogens is 426 g/mol. The summed E-state index contributed by atoms with van der Waals surface area (Å²) in [6.45, 7) is 5.41. The van der Waals surface area contributed by atoms with Crippen LogP contribution in [0.2, 0.25) is 0 Å². The summed E-state index contributed by atoms with van der Waals surface area (Å²) in [6, 6.07) is 7.82. The number of pyridine rings is 1. The van der Waals surface area contributed by atoms with Gasteiger partial charge in [0.15, 0.2) is 6.61 Å². The quantitative estimate of drug-likeness (QED) is 0.461. The third-order valence-electron chi connectivity index (χ3n) is 4.31. The van der Waals surface area contributed by atoms with E-state index in [1.807, 2.05) is 0 Å². The van der Waals surface area contributed by atoms with Crippen LogP contribution < -0.4 is 5.32 Å². The minimum absolute atomic E-state index is 0.126. The van der Waals surface area contributed by atoms with Gasteiger partial charge in [0.1, 0.15) is 5.03 Å². The third kappa shape index (κ3) is 5.59. The molecule has 1 aromatic carbocycles. The fraction of sp³-hybridized carbons (Fsp3) is 0.350. The zero-order valence-electron chi connectivity index (χ0n) is 17.3. The minimum Gasteiger partial charge on any atom is -0.452 e. The summed E-state index contributed by atoms with van der Waals surface area (Å²) in [4.78, 5) is 28.6. The first-order valence-electron chi connectivity index (χ1n) is 9.31. The lowest BCUT2D eigenvalue weighted by atomic mass is 10.2. The lowest BCUT2D eigenvalue weighted by molar-refractivity contribution is -0.119. The molecule has 0 saturated carbocycles. The van der Waals surface area contributed by atoms with Crippen LogP contribution in [0, 0.1) is 6.92 Å². The van der Waals surface area contributed by atoms with Crippen molar-refractivity contribution < 1.29 is 22.7 Å². The van der Waals surface area contributed by atoms with Gasteiger partial charge in [-0.3, -0.25) is 4.79 Å². The van der Waals surface area contributed by atoms with E-state index < -0.39 is 28.5 Å². The van der Waals surface area contributed by atoms with Crippen molar-refractivity contribution in [2.45, 2.75) is 30.7 Å². The van der Waals surface area contributed by atoms with Crippen LogP contribution in [0.3, 0.4) is 0 Å². The minimum atomic E-state index is -3.67. The second-order valence-electron chi connectivity index (χ2n) is 6.25. The van der Waals surface area contributed by atoms with Crippen LogP contribution in [0.1, 0.15) is 29.8 Å². The van der Waals surface area contributed by atoms with Gasteiger partial charge in [-0.25, -0.2) is 18.2 Å². The molecule has 0 radical (unpaired) electrons. The molecule has 0 bridgehead atoms. The van der Waals surface area contributed by atoms with Crippen LogP contribution in [-0.2, 0) is 19.6 Å². The molecule has 0 spiro atoms. The summed E-state index contributed by atoms with van der Waals surface area (Å²) in [7, 11) is -3.67. The van der Waals surface area contributed by atoms with Crippen molar-refractivity contribution in [3.05, 3.63) is 47.7 Å². The zero-order valence-corrected chi connectivity index (χ0v) is 19.0. The number of sulfonamides is 1. The summed E-state index contributed by atoms with van der Waals surface area (Å²) in [5, 5.41) is 3.08. The maximum absolute atomic E-state index is 12.8. The Morgan fingerprint density at radius 2 is 1.90 bits per heavy atom. The number of hydrogen-bond acceptors (Lipinski definition) is 7. The Morgan fingerprint density at radius 3 is 2.53 bits per heavy atom. The first-order chi connectivity index (χ1) is 14.2. The van der Waals surface area contributed by atoms with Gasteiger partial charge in [-0.2, -0.15) is 4.31 Å². The number of anilines is 1. The smallest absolute Gasteiger partial charge is 0.341 e. The molecule has 2 aromatic rings. The molecule has 0 aliphatic heterocycles. The van der Waals surface area contributed by atoms with E-state index in [1.165, 1.54) is 22.1 Å². The van der Waals surface area contributed by atoms with E-state index in [1.54, 1.807) is 57.5 Å². The first kappa shape index (κ1) is 23.8. The average molecular weight is 452 g/mol. The highest BCUT2D eigenvalue weighted by molar-refractivity contribution is 7.98. The number of aromatic nitrogens is 1. The van der Waals surface area contributed by atoms with Crippen LogP contribution in [0.5, 0.6) is 0 Å². The molecular formula is C20H25N3O5S2. The van der Waals surface area contributed by atoms with Gasteiger partial charge < -0.3 is 10.1 Å². The largest absolute Gasteiger partial charge is 0.452 e. The number of carbonyl (C=O) groups is 2. The normalized spacial score (nSPS) is 11.4. The number of benzene rings is 1. The number of aryl methyl sites for hydroxylation is 1. The molecule has 1 amide bonds. The third-order valence-corrected chi connectivity index (χ3v) is 7.22. The van der Waals surface area contributed by atoms with Crippen LogP contribution in [0.25, 0.3) is 0 Å². The van der Waals surface area contributed by atoms with Gasteiger partial charge in [-0.1, -0.05) is 19.9 Å². The summed E-state index contributed by atoms with van der Waals surface area (Å²) >= 11 is 1.30. The molecule has 10 heteroatoms. The van der Waals surface area contributed by atoms with Crippen molar-refractivity contribution in [3.63, 3.8) is 0 Å². The number of nitrogens with zero attached hydrogens (tertiary/aromatic N) is 2. The number of nitrogens with one attached hydrogen (secondary N) is 1. The average Bonchev–Trinajstić information content (AvgIpc) is 2.73. The number of hydrogen-bond donors (Lipinski definition) is 1. The number of esters is 1. The molecule has 0 aliphatic carbocycles. The van der Waals surface area contributed by atoms with Gasteiger partial charge in [0.05, 0.1) is 10.5 Å². The standard InChI is InChI=1S/C20H25N3O5S2/c1-5-23(6-2)30(26,27)17-12-15(10-9-14(17)3)22-18(24)13-28-20(25)16-8-7-11-21-19(16)29-4/h7-12H,5-6,13H2,1-4H3,(H,22,24). The Kier molecular flexibility index (Phi) is 8.39. The highest BCUT2D eigenvalue weighted by Crippen LogP contribution is 2.24. The van der Waals surface area contributed by atoms with Crippen molar-refractivity contribution in [2.75, 3.05) is 31.3 Å². The molecule has 1 heterocycles. The van der Waals surface area contributed by atoms with E-state index in [0.717, 1.165) is 0 Å². The molecule has 0 atom stereocenters. The van der Waals surface area contributed by atoms with Gasteiger partial charge in [-0.05, 0) is 43.0 Å². The number of amides is 1. The molecule has 0 saturated heterocycles. The predicted molar refractivity (Wildman–Crippen MR) is 116 cm³/mol. The Balaban J connectivity index is 2.10. The number of rotatable bonds is 9. The highest BCUT2D eigenvalue weighted by Gasteiger charge is 2.24. The van der Waals surface area contributed by atoms with Gasteiger partial charge in [0.25, 0.3) is 5.91 Å².